The van der Waals surface area contributed by atoms with E-state index in [1.807, 2.05) is 140 Å². The molecule has 3 aromatic heterocycles. The Morgan fingerprint density at radius 2 is 0.770 bits per heavy atom. The number of halogens is 7. The fourth-order valence-corrected chi connectivity index (χ4v) is 12.7. The van der Waals surface area contributed by atoms with E-state index in [2.05, 4.69) is 15.2 Å². The van der Waals surface area contributed by atoms with Crippen LogP contribution in [0.1, 0.15) is 27.9 Å². The molecule has 0 unspecified atom stereocenters. The second kappa shape index (κ2) is 21.3. The standard InChI is InChI=1S/C75H44BF7N4/c77-51-33-23-45(24-34-51)67-68(49-31-41-59-57-17-8-11-21-63(57)85(65(59)43-49)55-13-3-1-4-14-55)72(47-27-37-53(79)38-28-47)84-73(67)71(61-19-7-10-20-62(61)81)75-69(46-25-35-52(78)36-26-46)70(74(87(75)76(82)83)48-29-39-54(80)40-30-48)50-32-42-60-58-18-9-12-22-64(58)86(66(60)44-50)56-15-5-2-6-16-56/h1-44H/b73-71-. The predicted octanol–water partition coefficient (Wildman–Crippen LogP) is 20.0. The third-order valence-electron chi connectivity index (χ3n) is 16.4. The molecule has 416 valence electrons. The van der Waals surface area contributed by atoms with Gasteiger partial charge in [0.25, 0.3) is 0 Å². The number of hydrogen-bond acceptors (Lipinski definition) is 1. The lowest BCUT2D eigenvalue weighted by Crippen LogP contribution is -2.18. The largest absolute Gasteiger partial charge is 0.678 e. The van der Waals surface area contributed by atoms with Gasteiger partial charge in [0.2, 0.25) is 0 Å². The molecule has 1 aliphatic heterocycles. The minimum atomic E-state index is -3.41. The van der Waals surface area contributed by atoms with Gasteiger partial charge in [-0.05, 0) is 143 Å². The van der Waals surface area contributed by atoms with Crippen molar-refractivity contribution in [1.29, 1.82) is 0 Å². The van der Waals surface area contributed by atoms with E-state index in [1.165, 1.54) is 91.0 Å². The normalized spacial score (nSPS) is 13.2. The van der Waals surface area contributed by atoms with Crippen molar-refractivity contribution in [1.82, 2.24) is 13.6 Å². The second-order valence-corrected chi connectivity index (χ2v) is 21.4. The summed E-state index contributed by atoms with van der Waals surface area (Å²) in [6.07, 6.45) is 0. The van der Waals surface area contributed by atoms with Crippen LogP contribution < -0.4 is 0 Å². The number of para-hydroxylation sites is 4. The quantitative estimate of drug-likeness (QED) is 0.0912. The molecule has 11 aromatic carbocycles. The van der Waals surface area contributed by atoms with Crippen LogP contribution in [0.25, 0.3) is 105 Å². The van der Waals surface area contributed by atoms with Crippen LogP contribution in [0.2, 0.25) is 0 Å². The van der Waals surface area contributed by atoms with Gasteiger partial charge in [-0.2, -0.15) is 0 Å². The average Bonchev–Trinajstić information content (AvgIpc) is 1.59. The molecule has 15 rings (SSSR count). The zero-order valence-corrected chi connectivity index (χ0v) is 45.9. The number of aliphatic imine (C=N–C) groups is 1. The molecular formula is C75H44BF7N4. The van der Waals surface area contributed by atoms with Crippen molar-refractivity contribution in [3.05, 3.63) is 330 Å². The smallest absolute Gasteiger partial charge is 0.324 e. The zero-order chi connectivity index (χ0) is 59.0. The van der Waals surface area contributed by atoms with Gasteiger partial charge in [0.05, 0.1) is 39.2 Å². The minimum Gasteiger partial charge on any atom is -0.324 e. The Labute approximate surface area is 494 Å². The number of rotatable bonds is 11. The molecule has 0 spiro atoms. The molecule has 0 atom stereocenters. The second-order valence-electron chi connectivity index (χ2n) is 21.4. The van der Waals surface area contributed by atoms with Crippen LogP contribution in [-0.4, -0.2) is 26.7 Å². The SMILES string of the molecule is FB(F)n1c(/C(=C2\N=C(c3ccc(F)cc3)C(c3ccc4c5ccccc5n(-c5ccccc5)c4c3)=C2c2ccc(F)cc2)c2ccccc2F)c(-c2ccc(F)cc2)c(-c2ccc3c4ccccc4n(-c4ccccc4)c3c2)c1-c1ccc(F)cc1. The Morgan fingerprint density at radius 3 is 1.30 bits per heavy atom. The molecule has 1 aliphatic rings. The van der Waals surface area contributed by atoms with Crippen molar-refractivity contribution in [3.63, 3.8) is 0 Å². The predicted molar refractivity (Wildman–Crippen MR) is 338 cm³/mol. The fraction of sp³-hybridized carbons (Fsp3) is 0. The molecule has 4 nitrogen and oxygen atoms in total. The third-order valence-corrected chi connectivity index (χ3v) is 16.4. The number of allylic oxidation sites excluding steroid dienone is 2. The van der Waals surface area contributed by atoms with E-state index in [1.54, 1.807) is 30.3 Å². The average molecular weight is 1150 g/mol. The van der Waals surface area contributed by atoms with Gasteiger partial charge in [0, 0.05) is 77.6 Å². The molecule has 0 bridgehead atoms. The van der Waals surface area contributed by atoms with Crippen molar-refractivity contribution in [2.75, 3.05) is 0 Å². The van der Waals surface area contributed by atoms with E-state index >= 15 is 30.6 Å². The van der Waals surface area contributed by atoms with E-state index < -0.39 is 36.5 Å². The number of nitrogens with zero attached hydrogens (tertiary/aromatic N) is 4. The van der Waals surface area contributed by atoms with Crippen molar-refractivity contribution in [2.45, 2.75) is 0 Å². The molecule has 0 radical (unpaired) electrons. The summed E-state index contributed by atoms with van der Waals surface area (Å²) in [5, 5.41) is 3.70. The maximum atomic E-state index is 17.8. The topological polar surface area (TPSA) is 27.1 Å². The van der Waals surface area contributed by atoms with Crippen LogP contribution in [0, 0.1) is 29.1 Å². The van der Waals surface area contributed by atoms with Gasteiger partial charge < -0.3 is 13.6 Å². The van der Waals surface area contributed by atoms with E-state index in [-0.39, 0.29) is 56.2 Å². The van der Waals surface area contributed by atoms with Crippen LogP contribution in [0.5, 0.6) is 0 Å². The van der Waals surface area contributed by atoms with Gasteiger partial charge in [-0.15, -0.1) is 0 Å². The summed E-state index contributed by atoms with van der Waals surface area (Å²) < 4.78 is 120. The molecule has 0 N–H and O–H groups in total. The molecule has 12 heteroatoms. The lowest BCUT2D eigenvalue weighted by atomic mass is 9.85. The highest BCUT2D eigenvalue weighted by Crippen LogP contribution is 2.54. The molecule has 0 aliphatic carbocycles. The van der Waals surface area contributed by atoms with E-state index in [0.29, 0.717) is 33.4 Å². The van der Waals surface area contributed by atoms with Crippen molar-refractivity contribution >= 4 is 73.4 Å². The summed E-state index contributed by atoms with van der Waals surface area (Å²) in [7, 11) is -3.41. The van der Waals surface area contributed by atoms with Gasteiger partial charge in [-0.3, -0.25) is 8.63 Å². The molecular weight excluding hydrogens is 1100 g/mol. The van der Waals surface area contributed by atoms with Gasteiger partial charge in [0.1, 0.15) is 29.1 Å². The van der Waals surface area contributed by atoms with Crippen molar-refractivity contribution in [2.24, 2.45) is 4.99 Å². The monoisotopic (exact) mass is 1140 g/mol. The van der Waals surface area contributed by atoms with E-state index in [0.717, 1.165) is 59.5 Å². The molecule has 0 saturated heterocycles. The van der Waals surface area contributed by atoms with Crippen LogP contribution in [0.4, 0.5) is 30.6 Å². The van der Waals surface area contributed by atoms with Crippen LogP contribution >= 0.6 is 0 Å². The number of aromatic nitrogens is 3. The number of hydrogen-bond donors (Lipinski definition) is 0. The van der Waals surface area contributed by atoms with Crippen molar-refractivity contribution in [3.8, 4) is 44.9 Å². The summed E-state index contributed by atoms with van der Waals surface area (Å²) in [4.78, 5) is 5.54. The number of benzene rings is 11. The first-order valence-corrected chi connectivity index (χ1v) is 28.2. The summed E-state index contributed by atoms with van der Waals surface area (Å²) in [6.45, 7) is 0. The zero-order valence-electron chi connectivity index (χ0n) is 45.9. The van der Waals surface area contributed by atoms with Gasteiger partial charge in [0.15, 0.2) is 0 Å². The minimum absolute atomic E-state index is 0.00403. The third kappa shape index (κ3) is 8.90. The first-order valence-electron chi connectivity index (χ1n) is 28.2. The first kappa shape index (κ1) is 52.8. The Kier molecular flexibility index (Phi) is 12.9. The summed E-state index contributed by atoms with van der Waals surface area (Å²) in [6, 6.07) is 75.2. The molecule has 0 amide bonds. The number of fused-ring (bicyclic) bond motifs is 6. The summed E-state index contributed by atoms with van der Waals surface area (Å²) >= 11 is 0. The maximum absolute atomic E-state index is 17.8. The molecule has 0 saturated carbocycles. The Bertz CT molecular complexity index is 5140. The van der Waals surface area contributed by atoms with Crippen LogP contribution in [0.3, 0.4) is 0 Å². The highest BCUT2D eigenvalue weighted by Gasteiger charge is 2.40. The van der Waals surface area contributed by atoms with E-state index in [4.69, 9.17) is 4.99 Å². The van der Waals surface area contributed by atoms with E-state index in [9.17, 15) is 0 Å². The Hall–Kier alpha value is -11.0. The molecule has 4 heterocycles. The first-order chi connectivity index (χ1) is 42.6. The highest BCUT2D eigenvalue weighted by atomic mass is 19.2. The molecule has 87 heavy (non-hydrogen) atoms. The van der Waals surface area contributed by atoms with Crippen LogP contribution in [-0.2, 0) is 0 Å². The van der Waals surface area contributed by atoms with Crippen LogP contribution in [0.15, 0.2) is 278 Å². The molecule has 0 fully saturated rings. The maximum Gasteiger partial charge on any atom is 0.678 e. The summed E-state index contributed by atoms with van der Waals surface area (Å²) in [5.41, 5.74) is 8.22. The lowest BCUT2D eigenvalue weighted by Gasteiger charge is -2.20. The fourth-order valence-electron chi connectivity index (χ4n) is 12.7. The molecule has 14 aromatic rings. The van der Waals surface area contributed by atoms with Gasteiger partial charge >= 0.3 is 7.40 Å². The highest BCUT2D eigenvalue weighted by molar-refractivity contribution is 6.44. The Balaban J connectivity index is 1.15. The summed E-state index contributed by atoms with van der Waals surface area (Å²) in [5.74, 6) is -3.11. The Morgan fingerprint density at radius 1 is 0.345 bits per heavy atom. The lowest BCUT2D eigenvalue weighted by molar-refractivity contribution is 0.621. The van der Waals surface area contributed by atoms with Gasteiger partial charge in [-0.25, -0.2) is 26.9 Å². The van der Waals surface area contributed by atoms with Gasteiger partial charge in [-0.1, -0.05) is 152 Å². The van der Waals surface area contributed by atoms with Crippen molar-refractivity contribution < 1.29 is 30.6 Å².